The Hall–Kier alpha value is -1.88. The van der Waals surface area contributed by atoms with Gasteiger partial charge in [0.25, 0.3) is 0 Å². The highest BCUT2D eigenvalue weighted by molar-refractivity contribution is 5.72. The molecule has 1 aromatic carbocycles. The summed E-state index contributed by atoms with van der Waals surface area (Å²) in [5.74, 6) is -1.44. The number of carbonyl (C=O) groups excluding carboxylic acids is 1. The second-order valence-corrected chi connectivity index (χ2v) is 8.72. The summed E-state index contributed by atoms with van der Waals surface area (Å²) < 4.78 is 10.7. The molecule has 0 fully saturated rings. The fourth-order valence-electron chi connectivity index (χ4n) is 3.83. The number of hydrogen-bond donors (Lipinski definition) is 1. The van der Waals surface area contributed by atoms with Crippen LogP contribution in [0.15, 0.2) is 30.3 Å². The molecule has 0 bridgehead atoms. The van der Waals surface area contributed by atoms with E-state index in [1.54, 1.807) is 0 Å². The molecule has 0 radical (unpaired) electrons. The number of hydrogen-bond acceptors (Lipinski definition) is 4. The molecule has 1 rings (SSSR count). The number of esters is 1. The van der Waals surface area contributed by atoms with Crippen molar-refractivity contribution in [2.24, 2.45) is 0 Å². The maximum absolute atomic E-state index is 12.0. The molecule has 1 N–H and O–H groups in total. The van der Waals surface area contributed by atoms with E-state index in [2.05, 4.69) is 6.92 Å². The summed E-state index contributed by atoms with van der Waals surface area (Å²) in [4.78, 5) is 23.1. The zero-order valence-electron chi connectivity index (χ0n) is 20.1. The number of benzene rings is 1. The zero-order valence-corrected chi connectivity index (χ0v) is 20.1. The predicted molar refractivity (Wildman–Crippen MR) is 129 cm³/mol. The van der Waals surface area contributed by atoms with Gasteiger partial charge in [0.15, 0.2) is 0 Å². The lowest BCUT2D eigenvalue weighted by Crippen LogP contribution is -2.24. The molecular weight excluding hydrogens is 404 g/mol. The lowest BCUT2D eigenvalue weighted by atomic mass is 10.0. The fraction of sp³-hybridized carbons (Fsp3) is 0.704. The molecule has 1 unspecified atom stereocenters. The number of rotatable bonds is 21. The fourth-order valence-corrected chi connectivity index (χ4v) is 3.83. The van der Waals surface area contributed by atoms with Crippen molar-refractivity contribution in [3.63, 3.8) is 0 Å². The average molecular weight is 449 g/mol. The van der Waals surface area contributed by atoms with E-state index in [4.69, 9.17) is 14.6 Å². The van der Waals surface area contributed by atoms with Gasteiger partial charge in [-0.25, -0.2) is 4.79 Å². The molecule has 0 saturated heterocycles. The molecule has 0 saturated carbocycles. The van der Waals surface area contributed by atoms with E-state index in [1.165, 1.54) is 64.2 Å². The first-order valence-electron chi connectivity index (χ1n) is 12.6. The minimum atomic E-state index is -0.942. The predicted octanol–water partition coefficient (Wildman–Crippen LogP) is 7.07. The Balaban J connectivity index is 2.06. The number of ether oxygens (including phenoxy) is 2. The molecule has 32 heavy (non-hydrogen) atoms. The SMILES string of the molecule is CCCCCCCCCCCCCCCC(CC(=O)O)OC(=O)COCc1ccccc1. The molecule has 0 heterocycles. The Morgan fingerprint density at radius 2 is 1.34 bits per heavy atom. The highest BCUT2D eigenvalue weighted by atomic mass is 16.6. The summed E-state index contributed by atoms with van der Waals surface area (Å²) in [6.07, 6.45) is 16.3. The van der Waals surface area contributed by atoms with Gasteiger partial charge in [-0.1, -0.05) is 114 Å². The van der Waals surface area contributed by atoms with Gasteiger partial charge in [0.05, 0.1) is 13.0 Å². The van der Waals surface area contributed by atoms with Crippen molar-refractivity contribution in [3.8, 4) is 0 Å². The first-order valence-corrected chi connectivity index (χ1v) is 12.6. The normalized spacial score (nSPS) is 11.9. The van der Waals surface area contributed by atoms with Gasteiger partial charge >= 0.3 is 11.9 Å². The molecule has 182 valence electrons. The summed E-state index contributed by atoms with van der Waals surface area (Å²) in [6.45, 7) is 2.42. The van der Waals surface area contributed by atoms with E-state index in [1.807, 2.05) is 30.3 Å². The van der Waals surface area contributed by atoms with Gasteiger partial charge in [-0.2, -0.15) is 0 Å². The van der Waals surface area contributed by atoms with Crippen LogP contribution in [0.1, 0.15) is 109 Å². The first-order chi connectivity index (χ1) is 15.6. The van der Waals surface area contributed by atoms with Crippen LogP contribution < -0.4 is 0 Å². The van der Waals surface area contributed by atoms with Crippen LogP contribution >= 0.6 is 0 Å². The van der Waals surface area contributed by atoms with E-state index in [9.17, 15) is 9.59 Å². The number of carboxylic acids is 1. The monoisotopic (exact) mass is 448 g/mol. The Labute approximate surface area is 194 Å². The number of carboxylic acid groups (broad SMARTS) is 1. The van der Waals surface area contributed by atoms with Crippen molar-refractivity contribution in [3.05, 3.63) is 35.9 Å². The Kier molecular flexibility index (Phi) is 17.4. The molecule has 0 aromatic heterocycles. The van der Waals surface area contributed by atoms with E-state index >= 15 is 0 Å². The van der Waals surface area contributed by atoms with Gasteiger partial charge in [0.2, 0.25) is 0 Å². The molecule has 0 aliphatic heterocycles. The molecule has 0 spiro atoms. The second kappa shape index (κ2) is 19.8. The van der Waals surface area contributed by atoms with Crippen molar-refractivity contribution in [1.29, 1.82) is 0 Å². The van der Waals surface area contributed by atoms with E-state index in [-0.39, 0.29) is 13.0 Å². The molecule has 5 nitrogen and oxygen atoms in total. The van der Waals surface area contributed by atoms with Crippen LogP contribution in [-0.4, -0.2) is 29.8 Å². The Morgan fingerprint density at radius 3 is 1.88 bits per heavy atom. The van der Waals surface area contributed by atoms with Crippen LogP contribution in [0.25, 0.3) is 0 Å². The summed E-state index contributed by atoms with van der Waals surface area (Å²) in [6, 6.07) is 9.59. The maximum atomic E-state index is 12.0. The van der Waals surface area contributed by atoms with Crippen LogP contribution in [0.3, 0.4) is 0 Å². The number of carbonyl (C=O) groups is 2. The summed E-state index contributed by atoms with van der Waals surface area (Å²) in [7, 11) is 0. The van der Waals surface area contributed by atoms with Crippen molar-refractivity contribution < 1.29 is 24.2 Å². The molecule has 0 aliphatic carbocycles. The van der Waals surface area contributed by atoms with E-state index < -0.39 is 18.0 Å². The topological polar surface area (TPSA) is 72.8 Å². The third-order valence-corrected chi connectivity index (χ3v) is 5.66. The lowest BCUT2D eigenvalue weighted by molar-refractivity contribution is -0.158. The summed E-state index contributed by atoms with van der Waals surface area (Å²) in [5, 5.41) is 9.10. The molecule has 5 heteroatoms. The van der Waals surface area contributed by atoms with Gasteiger partial charge in [0.1, 0.15) is 12.7 Å². The zero-order chi connectivity index (χ0) is 23.3. The smallest absolute Gasteiger partial charge is 0.332 e. The maximum Gasteiger partial charge on any atom is 0.332 e. The van der Waals surface area contributed by atoms with Crippen LogP contribution in [0.2, 0.25) is 0 Å². The Bertz CT molecular complexity index is 587. The van der Waals surface area contributed by atoms with Gasteiger partial charge < -0.3 is 14.6 Å². The Morgan fingerprint density at radius 1 is 0.812 bits per heavy atom. The first kappa shape index (κ1) is 28.2. The molecule has 1 aromatic rings. The summed E-state index contributed by atoms with van der Waals surface area (Å²) >= 11 is 0. The van der Waals surface area contributed by atoms with Crippen LogP contribution in [0, 0.1) is 0 Å². The second-order valence-electron chi connectivity index (χ2n) is 8.72. The van der Waals surface area contributed by atoms with Crippen molar-refractivity contribution >= 4 is 11.9 Å². The van der Waals surface area contributed by atoms with E-state index in [0.29, 0.717) is 13.0 Å². The van der Waals surface area contributed by atoms with Gasteiger partial charge in [-0.05, 0) is 18.4 Å². The van der Waals surface area contributed by atoms with Gasteiger partial charge in [-0.15, -0.1) is 0 Å². The minimum absolute atomic E-state index is 0.150. The number of unbranched alkanes of at least 4 members (excludes halogenated alkanes) is 12. The highest BCUT2D eigenvalue weighted by Crippen LogP contribution is 2.15. The standard InChI is InChI=1S/C27H44O5/c1-2-3-4-5-6-7-8-9-10-11-12-13-17-20-25(21-26(28)29)32-27(30)23-31-22-24-18-15-14-16-19-24/h14-16,18-19,25H,2-13,17,20-23H2,1H3,(H,28,29). The van der Waals surface area contributed by atoms with Crippen LogP contribution in [0.4, 0.5) is 0 Å². The third kappa shape index (κ3) is 16.8. The van der Waals surface area contributed by atoms with Gasteiger partial charge in [0, 0.05) is 0 Å². The molecule has 0 aliphatic rings. The van der Waals surface area contributed by atoms with Crippen LogP contribution in [0.5, 0.6) is 0 Å². The van der Waals surface area contributed by atoms with Crippen LogP contribution in [-0.2, 0) is 25.7 Å². The van der Waals surface area contributed by atoms with Crippen molar-refractivity contribution in [2.45, 2.75) is 116 Å². The van der Waals surface area contributed by atoms with Crippen molar-refractivity contribution in [1.82, 2.24) is 0 Å². The van der Waals surface area contributed by atoms with Crippen molar-refractivity contribution in [2.75, 3.05) is 6.61 Å². The highest BCUT2D eigenvalue weighted by Gasteiger charge is 2.18. The molecule has 1 atom stereocenters. The molecule has 0 amide bonds. The number of aliphatic carboxylic acids is 1. The lowest BCUT2D eigenvalue weighted by Gasteiger charge is -2.16. The minimum Gasteiger partial charge on any atom is -0.481 e. The largest absolute Gasteiger partial charge is 0.481 e. The van der Waals surface area contributed by atoms with Gasteiger partial charge in [-0.3, -0.25) is 4.79 Å². The third-order valence-electron chi connectivity index (χ3n) is 5.66. The quantitative estimate of drug-likeness (QED) is 0.161. The molecular formula is C27H44O5. The summed E-state index contributed by atoms with van der Waals surface area (Å²) in [5.41, 5.74) is 0.981. The average Bonchev–Trinajstić information content (AvgIpc) is 2.77. The van der Waals surface area contributed by atoms with E-state index in [0.717, 1.165) is 24.8 Å².